The zero-order valence-corrected chi connectivity index (χ0v) is 11.2. The molecule has 21 heavy (non-hydrogen) atoms. The summed E-state index contributed by atoms with van der Waals surface area (Å²) < 4.78 is 13.1. The summed E-state index contributed by atoms with van der Waals surface area (Å²) in [5.41, 5.74) is 5.36. The summed E-state index contributed by atoms with van der Waals surface area (Å²) in [5.74, 6) is -1.30. The Morgan fingerprint density at radius 1 is 1.29 bits per heavy atom. The quantitative estimate of drug-likeness (QED) is 0.516. The van der Waals surface area contributed by atoms with E-state index in [9.17, 15) is 19.3 Å². The Balaban J connectivity index is 2.34. The van der Waals surface area contributed by atoms with Gasteiger partial charge in [0.05, 0.1) is 21.2 Å². The summed E-state index contributed by atoms with van der Waals surface area (Å²) in [6, 6.07) is 6.93. The number of carbonyl (C=O) groups excluding carboxylic acids is 1. The van der Waals surface area contributed by atoms with Crippen LogP contribution in [0.25, 0.3) is 0 Å². The van der Waals surface area contributed by atoms with E-state index in [4.69, 9.17) is 17.3 Å². The molecule has 2 aromatic carbocycles. The SMILES string of the molecule is Nc1ccc([N+](=O)[O-])cc1C(=O)Nc1cc(F)ccc1Cl. The Bertz CT molecular complexity index is 737. The second-order valence-corrected chi connectivity index (χ2v) is 4.51. The third-order valence-electron chi connectivity index (χ3n) is 2.67. The van der Waals surface area contributed by atoms with Crippen LogP contribution in [0.1, 0.15) is 10.4 Å². The van der Waals surface area contributed by atoms with Crippen LogP contribution in [0.2, 0.25) is 5.02 Å². The number of nitrogens with two attached hydrogens (primary N) is 1. The van der Waals surface area contributed by atoms with Crippen molar-refractivity contribution in [3.05, 3.63) is 62.9 Å². The minimum atomic E-state index is -0.719. The molecule has 0 spiro atoms. The molecule has 0 unspecified atom stereocenters. The Hall–Kier alpha value is -2.67. The van der Waals surface area contributed by atoms with Gasteiger partial charge in [0.2, 0.25) is 0 Å². The molecule has 108 valence electrons. The Morgan fingerprint density at radius 3 is 2.67 bits per heavy atom. The van der Waals surface area contributed by atoms with Crippen LogP contribution in [-0.4, -0.2) is 10.8 Å². The fourth-order valence-electron chi connectivity index (χ4n) is 1.64. The molecule has 0 saturated heterocycles. The molecule has 3 N–H and O–H groups in total. The highest BCUT2D eigenvalue weighted by Gasteiger charge is 2.16. The molecule has 1 amide bonds. The number of nitrogen functional groups attached to an aromatic ring is 1. The van der Waals surface area contributed by atoms with Crippen molar-refractivity contribution in [1.29, 1.82) is 0 Å². The minimum Gasteiger partial charge on any atom is -0.398 e. The summed E-state index contributed by atoms with van der Waals surface area (Å²) in [5, 5.41) is 13.2. The number of amides is 1. The molecule has 2 aromatic rings. The molecule has 0 aliphatic carbocycles. The number of benzene rings is 2. The fraction of sp³-hybridized carbons (Fsp3) is 0. The molecular formula is C13H9ClFN3O3. The van der Waals surface area contributed by atoms with E-state index in [2.05, 4.69) is 5.32 Å². The lowest BCUT2D eigenvalue weighted by Crippen LogP contribution is -2.14. The first-order chi connectivity index (χ1) is 9.88. The van der Waals surface area contributed by atoms with Crippen LogP contribution in [0.5, 0.6) is 0 Å². The van der Waals surface area contributed by atoms with Crippen molar-refractivity contribution in [3.63, 3.8) is 0 Å². The second-order valence-electron chi connectivity index (χ2n) is 4.11. The maximum atomic E-state index is 13.1. The lowest BCUT2D eigenvalue weighted by Gasteiger charge is -2.09. The van der Waals surface area contributed by atoms with E-state index in [1.165, 1.54) is 18.2 Å². The van der Waals surface area contributed by atoms with Gasteiger partial charge in [-0.15, -0.1) is 0 Å². The number of nitro groups is 1. The van der Waals surface area contributed by atoms with Gasteiger partial charge >= 0.3 is 0 Å². The van der Waals surface area contributed by atoms with Gasteiger partial charge in [-0.3, -0.25) is 14.9 Å². The number of carbonyl (C=O) groups is 1. The van der Waals surface area contributed by atoms with E-state index in [0.717, 1.165) is 18.2 Å². The van der Waals surface area contributed by atoms with Crippen molar-refractivity contribution in [2.45, 2.75) is 0 Å². The Kier molecular flexibility index (Phi) is 4.04. The monoisotopic (exact) mass is 309 g/mol. The molecule has 0 fully saturated rings. The van der Waals surface area contributed by atoms with Crippen LogP contribution in [-0.2, 0) is 0 Å². The molecule has 8 heteroatoms. The first-order valence-electron chi connectivity index (χ1n) is 5.69. The summed E-state index contributed by atoms with van der Waals surface area (Å²) >= 11 is 5.83. The van der Waals surface area contributed by atoms with Gasteiger partial charge in [-0.2, -0.15) is 0 Å². The first kappa shape index (κ1) is 14.7. The largest absolute Gasteiger partial charge is 0.398 e. The maximum absolute atomic E-state index is 13.1. The predicted octanol–water partition coefficient (Wildman–Crippen LogP) is 3.22. The average molecular weight is 310 g/mol. The highest BCUT2D eigenvalue weighted by atomic mass is 35.5. The lowest BCUT2D eigenvalue weighted by atomic mass is 10.1. The van der Waals surface area contributed by atoms with E-state index in [1.54, 1.807) is 0 Å². The van der Waals surface area contributed by atoms with Crippen molar-refractivity contribution < 1.29 is 14.1 Å². The Labute approximate surface area is 123 Å². The van der Waals surface area contributed by atoms with Crippen LogP contribution in [0.15, 0.2) is 36.4 Å². The standard InChI is InChI=1S/C13H9ClFN3O3/c14-10-3-1-7(15)5-12(10)17-13(19)9-6-8(18(20)21)2-4-11(9)16/h1-6H,16H2,(H,17,19). The van der Waals surface area contributed by atoms with Gasteiger partial charge < -0.3 is 11.1 Å². The van der Waals surface area contributed by atoms with Crippen molar-refractivity contribution in [1.82, 2.24) is 0 Å². The average Bonchev–Trinajstić information content (AvgIpc) is 2.43. The minimum absolute atomic E-state index is 0.0487. The normalized spacial score (nSPS) is 10.2. The maximum Gasteiger partial charge on any atom is 0.270 e. The number of halogens is 2. The van der Waals surface area contributed by atoms with E-state index < -0.39 is 16.6 Å². The van der Waals surface area contributed by atoms with E-state index in [-0.39, 0.29) is 27.6 Å². The molecule has 0 aromatic heterocycles. The van der Waals surface area contributed by atoms with Gasteiger partial charge in [0.25, 0.3) is 11.6 Å². The molecule has 0 heterocycles. The highest BCUT2D eigenvalue weighted by Crippen LogP contribution is 2.25. The van der Waals surface area contributed by atoms with Gasteiger partial charge in [-0.05, 0) is 24.3 Å². The lowest BCUT2D eigenvalue weighted by molar-refractivity contribution is -0.384. The second kappa shape index (κ2) is 5.76. The number of nitrogens with one attached hydrogen (secondary N) is 1. The molecule has 0 atom stereocenters. The van der Waals surface area contributed by atoms with Crippen molar-refractivity contribution >= 4 is 34.6 Å². The van der Waals surface area contributed by atoms with Crippen molar-refractivity contribution in [3.8, 4) is 0 Å². The molecule has 0 aliphatic heterocycles. The van der Waals surface area contributed by atoms with Gasteiger partial charge in [0, 0.05) is 17.8 Å². The van der Waals surface area contributed by atoms with Crippen LogP contribution in [0, 0.1) is 15.9 Å². The molecule has 0 bridgehead atoms. The Morgan fingerprint density at radius 2 is 2.00 bits per heavy atom. The third-order valence-corrected chi connectivity index (χ3v) is 3.00. The van der Waals surface area contributed by atoms with Gasteiger partial charge in [0.1, 0.15) is 5.82 Å². The van der Waals surface area contributed by atoms with Gasteiger partial charge in [-0.1, -0.05) is 11.6 Å². The predicted molar refractivity (Wildman–Crippen MR) is 76.9 cm³/mol. The summed E-state index contributed by atoms with van der Waals surface area (Å²) in [6.45, 7) is 0. The number of anilines is 2. The van der Waals surface area contributed by atoms with E-state index in [0.29, 0.717) is 0 Å². The van der Waals surface area contributed by atoms with Crippen molar-refractivity contribution in [2.75, 3.05) is 11.1 Å². The number of hydrogen-bond acceptors (Lipinski definition) is 4. The van der Waals surface area contributed by atoms with Crippen LogP contribution in [0.4, 0.5) is 21.5 Å². The van der Waals surface area contributed by atoms with Crippen LogP contribution < -0.4 is 11.1 Å². The number of nitro benzene ring substituents is 1. The molecular weight excluding hydrogens is 301 g/mol. The summed E-state index contributed by atoms with van der Waals surface area (Å²) in [4.78, 5) is 22.1. The van der Waals surface area contributed by atoms with E-state index >= 15 is 0 Å². The summed E-state index contributed by atoms with van der Waals surface area (Å²) in [7, 11) is 0. The molecule has 2 rings (SSSR count). The number of nitrogens with zero attached hydrogens (tertiary/aromatic N) is 1. The molecule has 0 radical (unpaired) electrons. The van der Waals surface area contributed by atoms with Gasteiger partial charge in [-0.25, -0.2) is 4.39 Å². The van der Waals surface area contributed by atoms with Gasteiger partial charge in [0.15, 0.2) is 0 Å². The number of rotatable bonds is 3. The third kappa shape index (κ3) is 3.26. The highest BCUT2D eigenvalue weighted by molar-refractivity contribution is 6.34. The topological polar surface area (TPSA) is 98.3 Å². The van der Waals surface area contributed by atoms with Crippen LogP contribution >= 0.6 is 11.6 Å². The number of hydrogen-bond donors (Lipinski definition) is 2. The zero-order chi connectivity index (χ0) is 15.6. The molecule has 0 saturated carbocycles. The van der Waals surface area contributed by atoms with Crippen molar-refractivity contribution in [2.24, 2.45) is 0 Å². The summed E-state index contributed by atoms with van der Waals surface area (Å²) in [6.07, 6.45) is 0. The molecule has 6 nitrogen and oxygen atoms in total. The fourth-order valence-corrected chi connectivity index (χ4v) is 1.80. The van der Waals surface area contributed by atoms with E-state index in [1.807, 2.05) is 0 Å². The first-order valence-corrected chi connectivity index (χ1v) is 6.06. The van der Waals surface area contributed by atoms with Crippen LogP contribution in [0.3, 0.4) is 0 Å². The smallest absolute Gasteiger partial charge is 0.270 e. The molecule has 0 aliphatic rings. The zero-order valence-electron chi connectivity index (χ0n) is 10.5. The number of non-ortho nitro benzene ring substituents is 1.